The van der Waals surface area contributed by atoms with Crippen molar-refractivity contribution in [2.75, 3.05) is 61.4 Å². The average Bonchev–Trinajstić information content (AvgIpc) is 3.25. The van der Waals surface area contributed by atoms with Crippen LogP contribution >= 0.6 is 0 Å². The number of aromatic amines is 1. The average molecular weight is 368 g/mol. The number of hydrogen-bond acceptors (Lipinski definition) is 5. The van der Waals surface area contributed by atoms with Crippen molar-refractivity contribution in [2.24, 2.45) is 0 Å². The zero-order chi connectivity index (χ0) is 18.6. The van der Waals surface area contributed by atoms with E-state index < -0.39 is 0 Å². The van der Waals surface area contributed by atoms with Crippen LogP contribution in [0.25, 0.3) is 0 Å². The van der Waals surface area contributed by atoms with Gasteiger partial charge in [-0.15, -0.1) is 0 Å². The van der Waals surface area contributed by atoms with Crippen molar-refractivity contribution in [3.8, 4) is 0 Å². The lowest BCUT2D eigenvalue weighted by atomic mass is 10.1. The molecular weight excluding hydrogens is 340 g/mol. The summed E-state index contributed by atoms with van der Waals surface area (Å²) in [6.45, 7) is 6.31. The number of nitrogens with zero attached hydrogens (tertiary/aromatic N) is 4. The molecule has 2 fully saturated rings. The number of aromatic nitrogens is 2. The molecule has 1 amide bonds. The van der Waals surface area contributed by atoms with Crippen LogP contribution in [-0.2, 0) is 0 Å². The first-order valence-corrected chi connectivity index (χ1v) is 9.84. The predicted molar refractivity (Wildman–Crippen MR) is 109 cm³/mol. The Morgan fingerprint density at radius 1 is 1.04 bits per heavy atom. The van der Waals surface area contributed by atoms with Gasteiger partial charge in [0.25, 0.3) is 5.91 Å². The molecule has 3 heterocycles. The van der Waals surface area contributed by atoms with Gasteiger partial charge in [0, 0.05) is 57.3 Å². The summed E-state index contributed by atoms with van der Waals surface area (Å²) in [5.41, 5.74) is 3.21. The number of imidazole rings is 1. The molecule has 2 aromatic rings. The van der Waals surface area contributed by atoms with Crippen molar-refractivity contribution < 1.29 is 4.79 Å². The van der Waals surface area contributed by atoms with E-state index in [-0.39, 0.29) is 5.91 Å². The molecule has 27 heavy (non-hydrogen) atoms. The van der Waals surface area contributed by atoms with E-state index in [9.17, 15) is 4.79 Å². The van der Waals surface area contributed by atoms with Crippen molar-refractivity contribution >= 4 is 23.0 Å². The Morgan fingerprint density at radius 2 is 1.81 bits per heavy atom. The van der Waals surface area contributed by atoms with Crippen molar-refractivity contribution in [2.45, 2.75) is 19.3 Å². The van der Waals surface area contributed by atoms with E-state index in [4.69, 9.17) is 0 Å². The molecule has 1 aromatic heterocycles. The van der Waals surface area contributed by atoms with Crippen LogP contribution in [0.2, 0.25) is 0 Å². The van der Waals surface area contributed by atoms with E-state index >= 15 is 0 Å². The minimum atomic E-state index is -0.203. The number of piperidine rings is 1. The highest BCUT2D eigenvalue weighted by Gasteiger charge is 2.20. The van der Waals surface area contributed by atoms with E-state index in [0.717, 1.165) is 50.6 Å². The van der Waals surface area contributed by atoms with Crippen molar-refractivity contribution in [1.82, 2.24) is 14.9 Å². The van der Waals surface area contributed by atoms with Crippen LogP contribution in [0.5, 0.6) is 0 Å². The minimum Gasteiger partial charge on any atom is -0.370 e. The lowest BCUT2D eigenvalue weighted by Gasteiger charge is -2.36. The predicted octanol–water partition coefficient (Wildman–Crippen LogP) is 2.40. The summed E-state index contributed by atoms with van der Waals surface area (Å²) in [6, 6.07) is 6.41. The second-order valence-electron chi connectivity index (χ2n) is 7.43. The van der Waals surface area contributed by atoms with Gasteiger partial charge < -0.3 is 25.0 Å². The highest BCUT2D eigenvalue weighted by atomic mass is 16.2. The summed E-state index contributed by atoms with van der Waals surface area (Å²) in [5.74, 6) is 0.133. The van der Waals surface area contributed by atoms with E-state index in [0.29, 0.717) is 5.82 Å². The van der Waals surface area contributed by atoms with E-state index in [1.807, 2.05) is 6.07 Å². The van der Waals surface area contributed by atoms with E-state index in [1.165, 1.54) is 24.9 Å². The second-order valence-corrected chi connectivity index (χ2v) is 7.43. The van der Waals surface area contributed by atoms with Gasteiger partial charge in [0.2, 0.25) is 0 Å². The number of H-pyrrole nitrogens is 1. The number of anilines is 3. The number of carbonyl (C=O) groups excluding carboxylic acids is 1. The maximum absolute atomic E-state index is 12.5. The third-order valence-electron chi connectivity index (χ3n) is 5.51. The summed E-state index contributed by atoms with van der Waals surface area (Å²) in [5, 5.41) is 3.05. The largest absolute Gasteiger partial charge is 0.370 e. The van der Waals surface area contributed by atoms with Gasteiger partial charge in [-0.3, -0.25) is 4.79 Å². The Balaban J connectivity index is 1.60. The second kappa shape index (κ2) is 8.00. The quantitative estimate of drug-likeness (QED) is 0.867. The first-order chi connectivity index (χ1) is 13.2. The summed E-state index contributed by atoms with van der Waals surface area (Å²) in [7, 11) is 2.17. The molecular formula is C20H28N6O. The van der Waals surface area contributed by atoms with Crippen LogP contribution in [0.1, 0.15) is 29.9 Å². The molecule has 2 N–H and O–H groups in total. The molecule has 0 atom stereocenters. The summed E-state index contributed by atoms with van der Waals surface area (Å²) in [4.78, 5) is 26.6. The number of carbonyl (C=O) groups is 1. The molecule has 0 aliphatic carbocycles. The standard InChI is InChI=1S/C20H28N6O/c1-24-11-13-25(14-12-24)16-5-6-17(23-20(27)19-21-7-8-22-19)18(15-16)26-9-3-2-4-10-26/h5-8,15H,2-4,9-14H2,1H3,(H,21,22)(H,23,27). The van der Waals surface area contributed by atoms with Gasteiger partial charge in [-0.05, 0) is 44.5 Å². The van der Waals surface area contributed by atoms with Crippen LogP contribution < -0.4 is 15.1 Å². The minimum absolute atomic E-state index is 0.203. The maximum Gasteiger partial charge on any atom is 0.291 e. The monoisotopic (exact) mass is 368 g/mol. The van der Waals surface area contributed by atoms with E-state index in [2.05, 4.69) is 49.2 Å². The lowest BCUT2D eigenvalue weighted by molar-refractivity contribution is 0.101. The molecule has 0 saturated carbocycles. The molecule has 0 bridgehead atoms. The van der Waals surface area contributed by atoms with Gasteiger partial charge >= 0.3 is 0 Å². The van der Waals surface area contributed by atoms with Crippen molar-refractivity contribution in [3.05, 3.63) is 36.4 Å². The summed E-state index contributed by atoms with van der Waals surface area (Å²) in [6.07, 6.45) is 6.94. The number of likely N-dealkylation sites (N-methyl/N-ethyl adjacent to an activating group) is 1. The summed E-state index contributed by atoms with van der Waals surface area (Å²) >= 11 is 0. The number of piperazine rings is 1. The fourth-order valence-corrected chi connectivity index (χ4v) is 3.85. The highest BCUT2D eigenvalue weighted by Crippen LogP contribution is 2.33. The molecule has 2 saturated heterocycles. The molecule has 4 rings (SSSR count). The van der Waals surface area contributed by atoms with Gasteiger partial charge in [0.15, 0.2) is 5.82 Å². The highest BCUT2D eigenvalue weighted by molar-refractivity contribution is 6.03. The van der Waals surface area contributed by atoms with Gasteiger partial charge in [-0.25, -0.2) is 4.98 Å². The smallest absolute Gasteiger partial charge is 0.291 e. The van der Waals surface area contributed by atoms with Gasteiger partial charge in [0.1, 0.15) is 0 Å². The topological polar surface area (TPSA) is 67.5 Å². The molecule has 7 heteroatoms. The third kappa shape index (κ3) is 4.08. The number of amides is 1. The number of benzene rings is 1. The fourth-order valence-electron chi connectivity index (χ4n) is 3.85. The zero-order valence-electron chi connectivity index (χ0n) is 15.9. The number of rotatable bonds is 4. The lowest BCUT2D eigenvalue weighted by Crippen LogP contribution is -2.44. The van der Waals surface area contributed by atoms with Gasteiger partial charge in [-0.1, -0.05) is 0 Å². The van der Waals surface area contributed by atoms with Crippen molar-refractivity contribution in [3.63, 3.8) is 0 Å². The Hall–Kier alpha value is -2.54. The van der Waals surface area contributed by atoms with Crippen LogP contribution in [0.15, 0.2) is 30.6 Å². The van der Waals surface area contributed by atoms with Crippen LogP contribution in [0.4, 0.5) is 17.1 Å². The molecule has 0 spiro atoms. The Morgan fingerprint density at radius 3 is 2.52 bits per heavy atom. The van der Waals surface area contributed by atoms with Crippen LogP contribution in [0, 0.1) is 0 Å². The summed E-state index contributed by atoms with van der Waals surface area (Å²) < 4.78 is 0. The van der Waals surface area contributed by atoms with E-state index in [1.54, 1.807) is 12.4 Å². The molecule has 2 aliphatic heterocycles. The van der Waals surface area contributed by atoms with Crippen molar-refractivity contribution in [1.29, 1.82) is 0 Å². The SMILES string of the molecule is CN1CCN(c2ccc(NC(=O)c3ncc[nH]3)c(N3CCCCC3)c2)CC1. The number of nitrogens with one attached hydrogen (secondary N) is 2. The van der Waals surface area contributed by atoms with Crippen LogP contribution in [-0.4, -0.2) is 67.1 Å². The normalized spacial score (nSPS) is 18.6. The molecule has 1 aromatic carbocycles. The molecule has 2 aliphatic rings. The zero-order valence-corrected chi connectivity index (χ0v) is 15.9. The molecule has 7 nitrogen and oxygen atoms in total. The number of hydrogen-bond donors (Lipinski definition) is 2. The van der Waals surface area contributed by atoms with Gasteiger partial charge in [-0.2, -0.15) is 0 Å². The molecule has 144 valence electrons. The Kier molecular flexibility index (Phi) is 5.29. The molecule has 0 unspecified atom stereocenters. The first kappa shape index (κ1) is 17.9. The third-order valence-corrected chi connectivity index (χ3v) is 5.51. The molecule has 0 radical (unpaired) electrons. The fraction of sp³-hybridized carbons (Fsp3) is 0.500. The van der Waals surface area contributed by atoms with Gasteiger partial charge in [0.05, 0.1) is 11.4 Å². The Labute approximate surface area is 160 Å². The van der Waals surface area contributed by atoms with Crippen LogP contribution in [0.3, 0.4) is 0 Å². The first-order valence-electron chi connectivity index (χ1n) is 9.84. The maximum atomic E-state index is 12.5. The Bertz CT molecular complexity index is 761.